The Bertz CT molecular complexity index is 1290. The van der Waals surface area contributed by atoms with E-state index in [0.717, 1.165) is 75.3 Å². The molecule has 1 amide bonds. The molecule has 4 aromatic rings. The Labute approximate surface area is 184 Å². The number of ether oxygens (including phenoxy) is 1. The van der Waals surface area contributed by atoms with Gasteiger partial charge in [0.2, 0.25) is 5.91 Å². The fourth-order valence-electron chi connectivity index (χ4n) is 4.48. The number of piperidine rings is 1. The van der Waals surface area contributed by atoms with Crippen molar-refractivity contribution in [3.63, 3.8) is 0 Å². The summed E-state index contributed by atoms with van der Waals surface area (Å²) in [5.74, 6) is 1.54. The van der Waals surface area contributed by atoms with E-state index in [0.29, 0.717) is 5.82 Å². The van der Waals surface area contributed by atoms with Gasteiger partial charge in [-0.15, -0.1) is 11.3 Å². The molecule has 5 rings (SSSR count). The molecule has 31 heavy (non-hydrogen) atoms. The average Bonchev–Trinajstić information content (AvgIpc) is 3.35. The van der Waals surface area contributed by atoms with Gasteiger partial charge in [-0.1, -0.05) is 6.07 Å². The van der Waals surface area contributed by atoms with Crippen LogP contribution in [-0.4, -0.2) is 34.2 Å². The van der Waals surface area contributed by atoms with Crippen molar-refractivity contribution in [2.45, 2.75) is 32.6 Å². The predicted octanol–water partition coefficient (Wildman–Crippen LogP) is 3.97. The number of nitrogens with two attached hydrogens (primary N) is 1. The molecule has 3 aromatic heterocycles. The quantitative estimate of drug-likeness (QED) is 0.495. The van der Waals surface area contributed by atoms with Crippen LogP contribution in [0.3, 0.4) is 0 Å². The van der Waals surface area contributed by atoms with E-state index >= 15 is 0 Å². The number of nitrogens with one attached hydrogen (secondary N) is 1. The monoisotopic (exact) mass is 435 g/mol. The van der Waals surface area contributed by atoms with Crippen molar-refractivity contribution in [1.29, 1.82) is 0 Å². The van der Waals surface area contributed by atoms with Crippen LogP contribution < -0.4 is 15.8 Å². The van der Waals surface area contributed by atoms with Gasteiger partial charge < -0.3 is 15.8 Å². The SMILES string of the molecule is COc1cc(C)cc2cc(-c3cc(CCC4CCCNC4=O)n4ncnc(N)c34)sc12. The number of rotatable bonds is 5. The molecular weight excluding hydrogens is 410 g/mol. The molecule has 0 radical (unpaired) electrons. The summed E-state index contributed by atoms with van der Waals surface area (Å²) in [6, 6.07) is 8.54. The lowest BCUT2D eigenvalue weighted by Gasteiger charge is -2.21. The van der Waals surface area contributed by atoms with Crippen LogP contribution in [0.15, 0.2) is 30.6 Å². The molecule has 0 saturated carbocycles. The first-order chi connectivity index (χ1) is 15.0. The number of carbonyl (C=O) groups excluding carboxylic acids is 1. The van der Waals surface area contributed by atoms with Gasteiger partial charge in [0.15, 0.2) is 5.82 Å². The van der Waals surface area contributed by atoms with E-state index in [9.17, 15) is 4.79 Å². The molecule has 160 valence electrons. The molecule has 1 saturated heterocycles. The Hall–Kier alpha value is -3.13. The summed E-state index contributed by atoms with van der Waals surface area (Å²) in [5, 5.41) is 8.60. The van der Waals surface area contributed by atoms with Crippen LogP contribution >= 0.6 is 11.3 Å². The predicted molar refractivity (Wildman–Crippen MR) is 124 cm³/mol. The fourth-order valence-corrected chi connectivity index (χ4v) is 5.63. The zero-order chi connectivity index (χ0) is 21.5. The zero-order valence-corrected chi connectivity index (χ0v) is 18.5. The average molecular weight is 436 g/mol. The van der Waals surface area contributed by atoms with Gasteiger partial charge in [0.05, 0.1) is 11.8 Å². The lowest BCUT2D eigenvalue weighted by molar-refractivity contribution is -0.126. The number of carbonyl (C=O) groups is 1. The number of thiophene rings is 1. The van der Waals surface area contributed by atoms with Crippen molar-refractivity contribution in [2.75, 3.05) is 19.4 Å². The van der Waals surface area contributed by atoms with Crippen molar-refractivity contribution in [3.05, 3.63) is 41.9 Å². The molecular formula is C23H25N5O2S. The van der Waals surface area contributed by atoms with Crippen LogP contribution in [0.25, 0.3) is 26.0 Å². The fraction of sp³-hybridized carbons (Fsp3) is 0.348. The van der Waals surface area contributed by atoms with Crippen LogP contribution in [0.2, 0.25) is 0 Å². The topological polar surface area (TPSA) is 94.5 Å². The van der Waals surface area contributed by atoms with E-state index in [1.807, 2.05) is 4.52 Å². The molecule has 1 fully saturated rings. The molecule has 7 nitrogen and oxygen atoms in total. The number of amides is 1. The first-order valence-electron chi connectivity index (χ1n) is 10.5. The van der Waals surface area contributed by atoms with E-state index in [4.69, 9.17) is 10.5 Å². The number of benzene rings is 1. The summed E-state index contributed by atoms with van der Waals surface area (Å²) in [5.41, 5.74) is 10.3. The second-order valence-corrected chi connectivity index (χ2v) is 9.17. The number of aryl methyl sites for hydroxylation is 2. The Kier molecular flexibility index (Phi) is 5.02. The Morgan fingerprint density at radius 2 is 2.19 bits per heavy atom. The maximum Gasteiger partial charge on any atom is 0.223 e. The Morgan fingerprint density at radius 3 is 3.00 bits per heavy atom. The van der Waals surface area contributed by atoms with Gasteiger partial charge in [0, 0.05) is 28.6 Å². The molecule has 1 aromatic carbocycles. The number of nitrogens with zero attached hydrogens (tertiary/aromatic N) is 3. The first kappa shape index (κ1) is 19.8. The first-order valence-corrected chi connectivity index (χ1v) is 11.3. The van der Waals surface area contributed by atoms with Crippen LogP contribution in [0.4, 0.5) is 5.82 Å². The maximum atomic E-state index is 12.2. The van der Waals surface area contributed by atoms with E-state index in [2.05, 4.69) is 46.6 Å². The summed E-state index contributed by atoms with van der Waals surface area (Å²) < 4.78 is 8.60. The van der Waals surface area contributed by atoms with Crippen molar-refractivity contribution >= 4 is 38.7 Å². The number of hydrogen-bond acceptors (Lipinski definition) is 6. The van der Waals surface area contributed by atoms with Gasteiger partial charge in [0.1, 0.15) is 17.6 Å². The van der Waals surface area contributed by atoms with Gasteiger partial charge in [-0.25, -0.2) is 9.50 Å². The normalized spacial score (nSPS) is 16.7. The van der Waals surface area contributed by atoms with Crippen LogP contribution in [0.1, 0.15) is 30.5 Å². The van der Waals surface area contributed by atoms with Crippen molar-refractivity contribution in [1.82, 2.24) is 19.9 Å². The number of methoxy groups -OCH3 is 1. The third-order valence-corrected chi connectivity index (χ3v) is 7.22. The van der Waals surface area contributed by atoms with Gasteiger partial charge in [0.25, 0.3) is 0 Å². The Morgan fingerprint density at radius 1 is 1.32 bits per heavy atom. The highest BCUT2D eigenvalue weighted by Crippen LogP contribution is 2.42. The summed E-state index contributed by atoms with van der Waals surface area (Å²) >= 11 is 1.68. The van der Waals surface area contributed by atoms with Crippen molar-refractivity contribution in [2.24, 2.45) is 5.92 Å². The van der Waals surface area contributed by atoms with Crippen LogP contribution in [-0.2, 0) is 11.2 Å². The highest BCUT2D eigenvalue weighted by molar-refractivity contribution is 7.22. The molecule has 0 bridgehead atoms. The number of hydrogen-bond donors (Lipinski definition) is 2. The minimum absolute atomic E-state index is 0.0542. The van der Waals surface area contributed by atoms with E-state index in [1.165, 1.54) is 6.33 Å². The minimum atomic E-state index is 0.0542. The lowest BCUT2D eigenvalue weighted by Crippen LogP contribution is -2.36. The molecule has 1 aliphatic heterocycles. The van der Waals surface area contributed by atoms with Gasteiger partial charge >= 0.3 is 0 Å². The second kappa shape index (κ2) is 7.85. The maximum absolute atomic E-state index is 12.2. The second-order valence-electron chi connectivity index (χ2n) is 8.12. The molecule has 1 atom stereocenters. The largest absolute Gasteiger partial charge is 0.495 e. The molecule has 1 unspecified atom stereocenters. The van der Waals surface area contributed by atoms with E-state index in [1.54, 1.807) is 18.4 Å². The van der Waals surface area contributed by atoms with E-state index < -0.39 is 0 Å². The molecule has 4 heterocycles. The molecule has 0 spiro atoms. The number of nitrogen functional groups attached to an aromatic ring is 1. The van der Waals surface area contributed by atoms with Gasteiger partial charge in [-0.05, 0) is 61.8 Å². The summed E-state index contributed by atoms with van der Waals surface area (Å²) in [6.07, 6.45) is 5.01. The minimum Gasteiger partial charge on any atom is -0.495 e. The number of fused-ring (bicyclic) bond motifs is 2. The standard InChI is InChI=1S/C23H25N5O2S/c1-13-8-15-10-19(31-21(15)18(9-13)30-2)17-11-16(28-20(17)22(24)26-12-27-28)6-5-14-4-3-7-25-23(14)29/h8-12,14H,3-7H2,1-2H3,(H,25,29)(H2,24,26,27). The lowest BCUT2D eigenvalue weighted by atomic mass is 9.93. The van der Waals surface area contributed by atoms with Crippen LogP contribution in [0.5, 0.6) is 5.75 Å². The van der Waals surface area contributed by atoms with E-state index in [-0.39, 0.29) is 11.8 Å². The smallest absolute Gasteiger partial charge is 0.223 e. The highest BCUT2D eigenvalue weighted by atomic mass is 32.1. The highest BCUT2D eigenvalue weighted by Gasteiger charge is 2.23. The molecule has 3 N–H and O–H groups in total. The summed E-state index contributed by atoms with van der Waals surface area (Å²) in [4.78, 5) is 17.5. The molecule has 0 aliphatic carbocycles. The third-order valence-electron chi connectivity index (χ3n) is 6.02. The van der Waals surface area contributed by atoms with Crippen molar-refractivity contribution < 1.29 is 9.53 Å². The summed E-state index contributed by atoms with van der Waals surface area (Å²) in [6.45, 7) is 2.85. The molecule has 8 heteroatoms. The number of aromatic nitrogens is 3. The van der Waals surface area contributed by atoms with Crippen LogP contribution in [0, 0.1) is 12.8 Å². The number of anilines is 1. The molecule has 1 aliphatic rings. The zero-order valence-electron chi connectivity index (χ0n) is 17.6. The van der Waals surface area contributed by atoms with Crippen molar-refractivity contribution in [3.8, 4) is 16.2 Å². The third kappa shape index (κ3) is 3.50. The summed E-state index contributed by atoms with van der Waals surface area (Å²) in [7, 11) is 1.70. The Balaban J connectivity index is 1.58. The van der Waals surface area contributed by atoms with Gasteiger partial charge in [-0.3, -0.25) is 4.79 Å². The van der Waals surface area contributed by atoms with Gasteiger partial charge in [-0.2, -0.15) is 5.10 Å².